The molecular weight excluding hydrogens is 272 g/mol. The van der Waals surface area contributed by atoms with Gasteiger partial charge in [0.2, 0.25) is 0 Å². The van der Waals surface area contributed by atoms with Crippen molar-refractivity contribution in [2.45, 2.75) is 64.0 Å². The van der Waals surface area contributed by atoms with Crippen LogP contribution >= 0.6 is 0 Å². The fraction of sp³-hybridized carbons (Fsp3) is 0.632. The SMILES string of the molecule is CC(NC(=O)NC(c1ccccc1)C1CCCCC1)C1CC1. The number of carbonyl (C=O) groups is 1. The van der Waals surface area contributed by atoms with E-state index in [0.29, 0.717) is 17.9 Å². The van der Waals surface area contributed by atoms with Crippen molar-refractivity contribution in [3.63, 3.8) is 0 Å². The van der Waals surface area contributed by atoms with E-state index in [1.54, 1.807) is 0 Å². The average molecular weight is 300 g/mol. The predicted octanol–water partition coefficient (Wildman–Crippen LogP) is 4.41. The van der Waals surface area contributed by atoms with Gasteiger partial charge in [0.05, 0.1) is 6.04 Å². The molecule has 0 heterocycles. The summed E-state index contributed by atoms with van der Waals surface area (Å²) in [6.45, 7) is 2.12. The Hall–Kier alpha value is -1.51. The van der Waals surface area contributed by atoms with Gasteiger partial charge >= 0.3 is 6.03 Å². The van der Waals surface area contributed by atoms with Crippen molar-refractivity contribution >= 4 is 6.03 Å². The topological polar surface area (TPSA) is 41.1 Å². The van der Waals surface area contributed by atoms with E-state index >= 15 is 0 Å². The summed E-state index contributed by atoms with van der Waals surface area (Å²) in [6.07, 6.45) is 8.86. The summed E-state index contributed by atoms with van der Waals surface area (Å²) in [7, 11) is 0. The lowest BCUT2D eigenvalue weighted by Gasteiger charge is -2.31. The summed E-state index contributed by atoms with van der Waals surface area (Å²) >= 11 is 0. The fourth-order valence-corrected chi connectivity index (χ4v) is 3.70. The monoisotopic (exact) mass is 300 g/mol. The van der Waals surface area contributed by atoms with Gasteiger partial charge in [0.25, 0.3) is 0 Å². The number of carbonyl (C=O) groups excluding carboxylic acids is 1. The highest BCUT2D eigenvalue weighted by atomic mass is 16.2. The van der Waals surface area contributed by atoms with E-state index in [4.69, 9.17) is 0 Å². The third kappa shape index (κ3) is 4.02. The quantitative estimate of drug-likeness (QED) is 0.831. The lowest BCUT2D eigenvalue weighted by Crippen LogP contribution is -2.45. The minimum absolute atomic E-state index is 0.00109. The molecular formula is C19H28N2O. The van der Waals surface area contributed by atoms with E-state index in [1.165, 1.54) is 50.5 Å². The molecule has 120 valence electrons. The number of nitrogens with one attached hydrogen (secondary N) is 2. The molecule has 0 radical (unpaired) electrons. The highest BCUT2D eigenvalue weighted by Gasteiger charge is 2.31. The first-order valence-electron chi connectivity index (χ1n) is 8.86. The van der Waals surface area contributed by atoms with Crippen LogP contribution < -0.4 is 10.6 Å². The zero-order valence-corrected chi connectivity index (χ0v) is 13.6. The van der Waals surface area contributed by atoms with Crippen molar-refractivity contribution in [2.75, 3.05) is 0 Å². The Kier molecular flexibility index (Phi) is 5.01. The summed E-state index contributed by atoms with van der Waals surface area (Å²) < 4.78 is 0. The van der Waals surface area contributed by atoms with Crippen LogP contribution in [0.3, 0.4) is 0 Å². The van der Waals surface area contributed by atoms with Crippen molar-refractivity contribution in [3.05, 3.63) is 35.9 Å². The number of hydrogen-bond acceptors (Lipinski definition) is 1. The molecule has 0 aliphatic heterocycles. The maximum atomic E-state index is 12.4. The molecule has 0 spiro atoms. The predicted molar refractivity (Wildman–Crippen MR) is 89.6 cm³/mol. The molecule has 3 heteroatoms. The number of urea groups is 1. The second-order valence-electron chi connectivity index (χ2n) is 7.03. The van der Waals surface area contributed by atoms with Crippen LogP contribution in [0.2, 0.25) is 0 Å². The lowest BCUT2D eigenvalue weighted by molar-refractivity contribution is 0.218. The zero-order chi connectivity index (χ0) is 15.4. The van der Waals surface area contributed by atoms with Crippen LogP contribution in [-0.4, -0.2) is 12.1 Å². The first-order chi connectivity index (χ1) is 10.7. The molecule has 2 unspecified atom stereocenters. The molecule has 2 amide bonds. The zero-order valence-electron chi connectivity index (χ0n) is 13.6. The van der Waals surface area contributed by atoms with Gasteiger partial charge in [0.15, 0.2) is 0 Å². The molecule has 3 nitrogen and oxygen atoms in total. The summed E-state index contributed by atoms with van der Waals surface area (Å²) in [5, 5.41) is 6.40. The number of benzene rings is 1. The molecule has 3 rings (SSSR count). The summed E-state index contributed by atoms with van der Waals surface area (Å²) in [4.78, 5) is 12.4. The highest BCUT2D eigenvalue weighted by Crippen LogP contribution is 2.35. The molecule has 2 atom stereocenters. The van der Waals surface area contributed by atoms with Gasteiger partial charge in [-0.2, -0.15) is 0 Å². The molecule has 2 aliphatic rings. The van der Waals surface area contributed by atoms with Gasteiger partial charge in [-0.25, -0.2) is 4.79 Å². The minimum atomic E-state index is -0.00109. The molecule has 2 aliphatic carbocycles. The third-order valence-corrected chi connectivity index (χ3v) is 5.25. The molecule has 0 bridgehead atoms. The van der Waals surface area contributed by atoms with Gasteiger partial charge in [-0.1, -0.05) is 49.6 Å². The van der Waals surface area contributed by atoms with Gasteiger partial charge < -0.3 is 10.6 Å². The van der Waals surface area contributed by atoms with Crippen molar-refractivity contribution in [3.8, 4) is 0 Å². The van der Waals surface area contributed by atoms with Crippen LogP contribution in [0.25, 0.3) is 0 Å². The second-order valence-corrected chi connectivity index (χ2v) is 7.03. The number of rotatable bonds is 5. The standard InChI is InChI=1S/C19H28N2O/c1-14(15-12-13-15)20-19(22)21-18(16-8-4-2-5-9-16)17-10-6-3-7-11-17/h2,4-5,8-9,14-15,17-18H,3,6-7,10-13H2,1H3,(H2,20,21,22). The van der Waals surface area contributed by atoms with Crippen LogP contribution in [0.5, 0.6) is 0 Å². The van der Waals surface area contributed by atoms with E-state index < -0.39 is 0 Å². The molecule has 22 heavy (non-hydrogen) atoms. The Morgan fingerprint density at radius 1 is 0.955 bits per heavy atom. The average Bonchev–Trinajstić information content (AvgIpc) is 3.39. The Morgan fingerprint density at radius 2 is 1.64 bits per heavy atom. The number of amides is 2. The van der Waals surface area contributed by atoms with E-state index in [2.05, 4.69) is 41.8 Å². The van der Waals surface area contributed by atoms with Crippen LogP contribution in [-0.2, 0) is 0 Å². The maximum Gasteiger partial charge on any atom is 0.315 e. The van der Waals surface area contributed by atoms with Crippen molar-refractivity contribution in [1.82, 2.24) is 10.6 Å². The van der Waals surface area contributed by atoms with E-state index in [1.807, 2.05) is 6.07 Å². The van der Waals surface area contributed by atoms with Crippen LogP contribution in [0.4, 0.5) is 4.79 Å². The van der Waals surface area contributed by atoms with Crippen molar-refractivity contribution in [1.29, 1.82) is 0 Å². The minimum Gasteiger partial charge on any atom is -0.335 e. The van der Waals surface area contributed by atoms with Gasteiger partial charge in [0.1, 0.15) is 0 Å². The first kappa shape index (κ1) is 15.4. The largest absolute Gasteiger partial charge is 0.335 e. The van der Waals surface area contributed by atoms with Crippen LogP contribution in [0.1, 0.15) is 63.5 Å². The number of hydrogen-bond donors (Lipinski definition) is 2. The fourth-order valence-electron chi connectivity index (χ4n) is 3.70. The normalized spacial score (nSPS) is 21.9. The smallest absolute Gasteiger partial charge is 0.315 e. The van der Waals surface area contributed by atoms with Gasteiger partial charge in [-0.05, 0) is 50.0 Å². The Balaban J connectivity index is 1.66. The first-order valence-corrected chi connectivity index (χ1v) is 8.86. The molecule has 2 N–H and O–H groups in total. The summed E-state index contributed by atoms with van der Waals surface area (Å²) in [5.74, 6) is 1.26. The Morgan fingerprint density at radius 3 is 2.27 bits per heavy atom. The molecule has 0 aromatic heterocycles. The lowest BCUT2D eigenvalue weighted by atomic mass is 9.81. The molecule has 1 aromatic carbocycles. The summed E-state index contributed by atoms with van der Waals surface area (Å²) in [5.41, 5.74) is 1.24. The summed E-state index contributed by atoms with van der Waals surface area (Å²) in [6, 6.07) is 10.9. The van der Waals surface area contributed by atoms with Gasteiger partial charge in [-0.15, -0.1) is 0 Å². The van der Waals surface area contributed by atoms with E-state index in [-0.39, 0.29) is 12.1 Å². The molecule has 0 saturated heterocycles. The van der Waals surface area contributed by atoms with Crippen molar-refractivity contribution < 1.29 is 4.79 Å². The highest BCUT2D eigenvalue weighted by molar-refractivity contribution is 5.74. The van der Waals surface area contributed by atoms with E-state index in [9.17, 15) is 4.79 Å². The molecule has 2 saturated carbocycles. The molecule has 1 aromatic rings. The van der Waals surface area contributed by atoms with Crippen molar-refractivity contribution in [2.24, 2.45) is 11.8 Å². The van der Waals surface area contributed by atoms with E-state index in [0.717, 1.165) is 0 Å². The molecule has 2 fully saturated rings. The van der Waals surface area contributed by atoms with Crippen LogP contribution in [0.15, 0.2) is 30.3 Å². The van der Waals surface area contributed by atoms with Crippen LogP contribution in [0, 0.1) is 11.8 Å². The Labute approximate surface area is 133 Å². The Bertz CT molecular complexity index is 477. The van der Waals surface area contributed by atoms with Gasteiger partial charge in [-0.3, -0.25) is 0 Å². The third-order valence-electron chi connectivity index (χ3n) is 5.25. The second kappa shape index (κ2) is 7.17. The maximum absolute atomic E-state index is 12.4. The van der Waals surface area contributed by atoms with Gasteiger partial charge in [0, 0.05) is 6.04 Å².